The largest absolute Gasteiger partial charge is 0.276 e. The lowest BCUT2D eigenvalue weighted by molar-refractivity contribution is 0.0858. The molecule has 0 spiro atoms. The highest BCUT2D eigenvalue weighted by Crippen LogP contribution is 2.50. The molecule has 2 bridgehead atoms. The Hall–Kier alpha value is -0.880. The van der Waals surface area contributed by atoms with E-state index in [1.54, 1.807) is 4.68 Å². The average Bonchev–Trinajstić information content (AvgIpc) is 2.85. The number of hydrogen-bond donors (Lipinski definition) is 1. The minimum Gasteiger partial charge on any atom is -0.276 e. The molecule has 3 aliphatic rings. The Labute approximate surface area is 127 Å². The van der Waals surface area contributed by atoms with Crippen molar-refractivity contribution in [2.24, 2.45) is 18.4 Å². The molecule has 1 aromatic rings. The van der Waals surface area contributed by atoms with Crippen molar-refractivity contribution < 1.29 is 8.42 Å². The fraction of sp³-hybridized carbons (Fsp3) is 0.800. The zero-order chi connectivity index (χ0) is 14.9. The molecule has 0 amide bonds. The van der Waals surface area contributed by atoms with Crippen LogP contribution in [-0.2, 0) is 23.5 Å². The van der Waals surface area contributed by atoms with Crippen molar-refractivity contribution in [3.8, 4) is 0 Å². The van der Waals surface area contributed by atoms with E-state index in [1.807, 2.05) is 19.3 Å². The zero-order valence-corrected chi connectivity index (χ0v) is 13.5. The van der Waals surface area contributed by atoms with Crippen LogP contribution in [0.4, 0.5) is 0 Å². The summed E-state index contributed by atoms with van der Waals surface area (Å²) in [7, 11) is -1.31. The molecule has 0 unspecified atom stereocenters. The maximum Gasteiger partial charge on any atom is 0.212 e. The average molecular weight is 311 g/mol. The molecule has 0 atom stereocenters. The van der Waals surface area contributed by atoms with E-state index in [9.17, 15) is 8.42 Å². The van der Waals surface area contributed by atoms with Crippen molar-refractivity contribution in [1.82, 2.24) is 14.5 Å². The monoisotopic (exact) mass is 311 g/mol. The summed E-state index contributed by atoms with van der Waals surface area (Å²) in [5, 5.41) is 4.26. The first-order valence-corrected chi connectivity index (χ1v) is 9.58. The van der Waals surface area contributed by atoms with Crippen LogP contribution in [0.25, 0.3) is 0 Å². The molecule has 118 valence electrons. The Balaban J connectivity index is 1.52. The van der Waals surface area contributed by atoms with Crippen LogP contribution in [-0.4, -0.2) is 30.5 Å². The molecule has 5 nitrogen and oxygen atoms in total. The van der Waals surface area contributed by atoms with E-state index in [0.29, 0.717) is 18.7 Å². The normalized spacial score (nSPS) is 28.9. The van der Waals surface area contributed by atoms with Gasteiger partial charge in [-0.15, -0.1) is 0 Å². The quantitative estimate of drug-likeness (QED) is 0.872. The Kier molecular flexibility index (Phi) is 4.10. The van der Waals surface area contributed by atoms with Crippen LogP contribution in [0.3, 0.4) is 0 Å². The molecule has 3 aliphatic carbocycles. The molecule has 1 aromatic heterocycles. The van der Waals surface area contributed by atoms with E-state index < -0.39 is 10.0 Å². The van der Waals surface area contributed by atoms with E-state index in [2.05, 4.69) is 9.82 Å². The molecule has 3 saturated carbocycles. The highest BCUT2D eigenvalue weighted by molar-refractivity contribution is 7.89. The van der Waals surface area contributed by atoms with Gasteiger partial charge < -0.3 is 0 Å². The molecule has 1 N–H and O–H groups in total. The van der Waals surface area contributed by atoms with Crippen LogP contribution in [0, 0.1) is 11.3 Å². The minimum absolute atomic E-state index is 0.0611. The second-order valence-electron chi connectivity index (χ2n) is 6.87. The summed E-state index contributed by atoms with van der Waals surface area (Å²) in [4.78, 5) is 0. The first kappa shape index (κ1) is 15.0. The lowest BCUT2D eigenvalue weighted by Gasteiger charge is -2.46. The van der Waals surface area contributed by atoms with Crippen molar-refractivity contribution in [2.75, 3.05) is 12.3 Å². The molecule has 21 heavy (non-hydrogen) atoms. The number of rotatable bonds is 6. The van der Waals surface area contributed by atoms with E-state index in [4.69, 9.17) is 0 Å². The smallest absolute Gasteiger partial charge is 0.212 e. The van der Waals surface area contributed by atoms with Gasteiger partial charge in [0.1, 0.15) is 0 Å². The van der Waals surface area contributed by atoms with Gasteiger partial charge in [-0.05, 0) is 55.9 Å². The maximum absolute atomic E-state index is 12.3. The van der Waals surface area contributed by atoms with Crippen LogP contribution in [0.2, 0.25) is 0 Å². The lowest BCUT2D eigenvalue weighted by atomic mass is 9.62. The van der Waals surface area contributed by atoms with Crippen LogP contribution in [0.1, 0.15) is 44.2 Å². The molecule has 0 aromatic carbocycles. The predicted molar refractivity (Wildman–Crippen MR) is 82.3 cm³/mol. The molecule has 0 saturated heterocycles. The van der Waals surface area contributed by atoms with Crippen molar-refractivity contribution in [1.29, 1.82) is 0 Å². The van der Waals surface area contributed by atoms with E-state index in [-0.39, 0.29) is 5.41 Å². The van der Waals surface area contributed by atoms with Crippen molar-refractivity contribution in [3.05, 3.63) is 18.0 Å². The van der Waals surface area contributed by atoms with Gasteiger partial charge in [-0.1, -0.05) is 0 Å². The Morgan fingerprint density at radius 3 is 2.57 bits per heavy atom. The maximum atomic E-state index is 12.3. The summed E-state index contributed by atoms with van der Waals surface area (Å²) < 4.78 is 29.2. The lowest BCUT2D eigenvalue weighted by Crippen LogP contribution is -2.43. The van der Waals surface area contributed by atoms with Gasteiger partial charge in [-0.3, -0.25) is 4.68 Å². The third kappa shape index (κ3) is 3.66. The zero-order valence-electron chi connectivity index (χ0n) is 12.7. The SMILES string of the molecule is Cn1ccc(CCNS(=O)(=O)CC23CCC(CC2)CC3)n1. The molecular formula is C15H25N3O2S. The number of fused-ring (bicyclic) bond motifs is 3. The standard InChI is InChI=1S/C15H25N3O2S/c1-18-11-6-14(17-18)5-10-16-21(19,20)12-15-7-2-13(3-8-15)4-9-15/h6,11,13,16H,2-5,7-10,12H2,1H3. The summed E-state index contributed by atoms with van der Waals surface area (Å²) in [6.07, 6.45) is 9.49. The minimum atomic E-state index is -3.18. The van der Waals surface area contributed by atoms with Crippen LogP contribution < -0.4 is 4.72 Å². The second kappa shape index (κ2) is 5.72. The number of nitrogens with one attached hydrogen (secondary N) is 1. The van der Waals surface area contributed by atoms with Crippen molar-refractivity contribution >= 4 is 10.0 Å². The number of aromatic nitrogens is 2. The first-order chi connectivity index (χ1) is 9.96. The van der Waals surface area contributed by atoms with Crippen LogP contribution >= 0.6 is 0 Å². The third-order valence-corrected chi connectivity index (χ3v) is 6.85. The summed E-state index contributed by atoms with van der Waals surface area (Å²) in [6.45, 7) is 0.443. The highest BCUT2D eigenvalue weighted by atomic mass is 32.2. The Morgan fingerprint density at radius 2 is 2.00 bits per heavy atom. The summed E-state index contributed by atoms with van der Waals surface area (Å²) in [6, 6.07) is 1.93. The Morgan fingerprint density at radius 1 is 1.33 bits per heavy atom. The first-order valence-electron chi connectivity index (χ1n) is 7.92. The molecule has 4 rings (SSSR count). The topological polar surface area (TPSA) is 64.0 Å². The molecule has 3 fully saturated rings. The molecule has 0 aliphatic heterocycles. The van der Waals surface area contributed by atoms with E-state index in [1.165, 1.54) is 19.3 Å². The number of nitrogens with zero attached hydrogens (tertiary/aromatic N) is 2. The van der Waals surface area contributed by atoms with Gasteiger partial charge in [-0.25, -0.2) is 13.1 Å². The van der Waals surface area contributed by atoms with Gasteiger partial charge in [0.15, 0.2) is 0 Å². The number of aryl methyl sites for hydroxylation is 1. The Bertz CT molecular complexity index is 572. The summed E-state index contributed by atoms with van der Waals surface area (Å²) in [5.74, 6) is 1.18. The van der Waals surface area contributed by atoms with Crippen molar-refractivity contribution in [2.45, 2.75) is 44.9 Å². The second-order valence-corrected chi connectivity index (χ2v) is 8.67. The third-order valence-electron chi connectivity index (χ3n) is 5.22. The van der Waals surface area contributed by atoms with Gasteiger partial charge in [0, 0.05) is 26.2 Å². The van der Waals surface area contributed by atoms with Gasteiger partial charge in [0.2, 0.25) is 10.0 Å². The van der Waals surface area contributed by atoms with Gasteiger partial charge >= 0.3 is 0 Å². The fourth-order valence-electron chi connectivity index (χ4n) is 3.94. The predicted octanol–water partition coefficient (Wildman–Crippen LogP) is 1.85. The van der Waals surface area contributed by atoms with Gasteiger partial charge in [-0.2, -0.15) is 5.10 Å². The van der Waals surface area contributed by atoms with Crippen LogP contribution in [0.5, 0.6) is 0 Å². The molecule has 1 heterocycles. The highest BCUT2D eigenvalue weighted by Gasteiger charge is 2.42. The van der Waals surface area contributed by atoms with Gasteiger partial charge in [0.25, 0.3) is 0 Å². The fourth-order valence-corrected chi connectivity index (χ4v) is 5.70. The summed E-state index contributed by atoms with van der Waals surface area (Å²) in [5.41, 5.74) is 0.988. The summed E-state index contributed by atoms with van der Waals surface area (Å²) >= 11 is 0. The van der Waals surface area contributed by atoms with Gasteiger partial charge in [0.05, 0.1) is 11.4 Å². The number of sulfonamides is 1. The van der Waals surface area contributed by atoms with Crippen molar-refractivity contribution in [3.63, 3.8) is 0 Å². The molecule has 0 radical (unpaired) electrons. The molecular weight excluding hydrogens is 286 g/mol. The van der Waals surface area contributed by atoms with E-state index in [0.717, 1.165) is 30.9 Å². The number of hydrogen-bond acceptors (Lipinski definition) is 3. The van der Waals surface area contributed by atoms with E-state index >= 15 is 0 Å². The van der Waals surface area contributed by atoms with Crippen LogP contribution in [0.15, 0.2) is 12.3 Å². The molecule has 6 heteroatoms.